The fraction of sp³-hybridized carbons (Fsp3) is 0.278. The first-order chi connectivity index (χ1) is 12.2. The van der Waals surface area contributed by atoms with Crippen molar-refractivity contribution in [1.82, 2.24) is 29.5 Å². The number of aryl methyl sites for hydroxylation is 1. The van der Waals surface area contributed by atoms with Gasteiger partial charge in [0.25, 0.3) is 0 Å². The van der Waals surface area contributed by atoms with Crippen LogP contribution < -0.4 is 5.32 Å². The lowest BCUT2D eigenvalue weighted by molar-refractivity contribution is 0.168. The third-order valence-corrected chi connectivity index (χ3v) is 4.46. The van der Waals surface area contributed by atoms with E-state index in [2.05, 4.69) is 44.4 Å². The maximum atomic E-state index is 12.8. The van der Waals surface area contributed by atoms with E-state index in [-0.39, 0.29) is 12.1 Å². The van der Waals surface area contributed by atoms with E-state index in [1.54, 1.807) is 11.0 Å². The van der Waals surface area contributed by atoms with E-state index in [4.69, 9.17) is 0 Å². The van der Waals surface area contributed by atoms with Crippen LogP contribution in [-0.2, 0) is 20.1 Å². The molecule has 1 N–H and O–H groups in total. The molecule has 3 heterocycles. The zero-order chi connectivity index (χ0) is 17.2. The van der Waals surface area contributed by atoms with Crippen LogP contribution in [0, 0.1) is 0 Å². The summed E-state index contributed by atoms with van der Waals surface area (Å²) in [4.78, 5) is 18.9. The molecule has 1 aliphatic heterocycles. The van der Waals surface area contributed by atoms with Crippen LogP contribution in [0.15, 0.2) is 55.0 Å². The molecule has 3 aromatic rings. The summed E-state index contributed by atoms with van der Waals surface area (Å²) in [5, 5.41) is 7.14. The smallest absolute Gasteiger partial charge is 0.318 e. The summed E-state index contributed by atoms with van der Waals surface area (Å²) in [7, 11) is 1.81. The van der Waals surface area contributed by atoms with Gasteiger partial charge < -0.3 is 14.8 Å². The van der Waals surface area contributed by atoms with Crippen LogP contribution in [0.25, 0.3) is 0 Å². The number of aromatic nitrogens is 4. The minimum Gasteiger partial charge on any atom is -0.348 e. The van der Waals surface area contributed by atoms with Crippen LogP contribution in [0.1, 0.15) is 23.1 Å². The first-order valence-corrected chi connectivity index (χ1v) is 8.31. The molecule has 0 aliphatic carbocycles. The third kappa shape index (κ3) is 3.00. The molecule has 7 nitrogen and oxygen atoms in total. The summed E-state index contributed by atoms with van der Waals surface area (Å²) >= 11 is 0. The summed E-state index contributed by atoms with van der Waals surface area (Å²) in [5.74, 6) is 0.604. The molecule has 4 rings (SSSR count). The van der Waals surface area contributed by atoms with Gasteiger partial charge in [0, 0.05) is 32.0 Å². The average molecular weight is 336 g/mol. The Kier molecular flexibility index (Phi) is 3.97. The summed E-state index contributed by atoms with van der Waals surface area (Å²) in [6.45, 7) is 1.77. The highest BCUT2D eigenvalue weighted by atomic mass is 16.2. The molecule has 1 aromatic carbocycles. The molecule has 1 aliphatic rings. The highest BCUT2D eigenvalue weighted by Crippen LogP contribution is 2.32. The number of carbonyl (C=O) groups is 1. The quantitative estimate of drug-likeness (QED) is 0.795. The second-order valence-corrected chi connectivity index (χ2v) is 6.13. The van der Waals surface area contributed by atoms with Gasteiger partial charge in [-0.05, 0) is 17.7 Å². The number of carbonyl (C=O) groups excluding carboxylic acids is 1. The lowest BCUT2D eigenvalue weighted by Crippen LogP contribution is -2.47. The Morgan fingerprint density at radius 3 is 2.80 bits per heavy atom. The second kappa shape index (κ2) is 6.43. The number of hydrogen-bond acceptors (Lipinski definition) is 3. The van der Waals surface area contributed by atoms with Gasteiger partial charge in [-0.25, -0.2) is 9.78 Å². The Bertz CT molecular complexity index is 869. The predicted molar refractivity (Wildman–Crippen MR) is 92.7 cm³/mol. The van der Waals surface area contributed by atoms with E-state index in [1.807, 2.05) is 36.2 Å². The van der Waals surface area contributed by atoms with E-state index in [9.17, 15) is 4.79 Å². The van der Waals surface area contributed by atoms with Gasteiger partial charge in [0.05, 0.1) is 12.6 Å². The number of amides is 2. The van der Waals surface area contributed by atoms with E-state index < -0.39 is 0 Å². The Morgan fingerprint density at radius 2 is 2.04 bits per heavy atom. The number of rotatable bonds is 3. The first-order valence-electron chi connectivity index (χ1n) is 8.31. The van der Waals surface area contributed by atoms with Crippen molar-refractivity contribution in [2.45, 2.75) is 19.1 Å². The van der Waals surface area contributed by atoms with Crippen LogP contribution >= 0.6 is 0 Å². The number of nitrogens with zero attached hydrogens (tertiary/aromatic N) is 5. The predicted octanol–water partition coefficient (Wildman–Crippen LogP) is 1.93. The molecule has 1 unspecified atom stereocenters. The monoisotopic (exact) mass is 336 g/mol. The first kappa shape index (κ1) is 15.4. The molecule has 128 valence electrons. The molecule has 0 bridgehead atoms. The molecular weight excluding hydrogens is 316 g/mol. The molecular formula is C18H20N6O. The van der Waals surface area contributed by atoms with Crippen molar-refractivity contribution in [2.24, 2.45) is 7.05 Å². The molecule has 2 aromatic heterocycles. The van der Waals surface area contributed by atoms with Gasteiger partial charge in [-0.2, -0.15) is 5.10 Å². The Morgan fingerprint density at radius 1 is 1.20 bits per heavy atom. The van der Waals surface area contributed by atoms with Gasteiger partial charge in [0.15, 0.2) is 5.82 Å². The van der Waals surface area contributed by atoms with Crippen LogP contribution in [0.5, 0.6) is 0 Å². The molecule has 2 amide bonds. The molecule has 25 heavy (non-hydrogen) atoms. The summed E-state index contributed by atoms with van der Waals surface area (Å²) < 4.78 is 3.84. The van der Waals surface area contributed by atoms with Gasteiger partial charge in [0.1, 0.15) is 6.33 Å². The molecule has 0 fully saturated rings. The molecule has 0 radical (unpaired) electrons. The van der Waals surface area contributed by atoms with Crippen molar-refractivity contribution in [1.29, 1.82) is 0 Å². The maximum Gasteiger partial charge on any atom is 0.318 e. The Balaban J connectivity index is 1.58. The van der Waals surface area contributed by atoms with Gasteiger partial charge in [-0.3, -0.25) is 4.68 Å². The van der Waals surface area contributed by atoms with Crippen LogP contribution in [-0.4, -0.2) is 36.8 Å². The van der Waals surface area contributed by atoms with E-state index in [0.29, 0.717) is 18.9 Å². The fourth-order valence-corrected chi connectivity index (χ4v) is 3.31. The Hall–Kier alpha value is -3.09. The van der Waals surface area contributed by atoms with Crippen molar-refractivity contribution in [3.63, 3.8) is 0 Å². The largest absolute Gasteiger partial charge is 0.348 e. The van der Waals surface area contributed by atoms with Crippen LogP contribution in [0.2, 0.25) is 0 Å². The number of fused-ring (bicyclic) bond motifs is 1. The SMILES string of the molecule is Cn1cnc(CNC(=O)N2CCn3cccc3C2c2ccccc2)n1. The highest BCUT2D eigenvalue weighted by molar-refractivity contribution is 5.75. The van der Waals surface area contributed by atoms with Crippen molar-refractivity contribution in [2.75, 3.05) is 6.54 Å². The van der Waals surface area contributed by atoms with Gasteiger partial charge in [-0.1, -0.05) is 30.3 Å². The van der Waals surface area contributed by atoms with E-state index in [0.717, 1.165) is 17.8 Å². The Labute approximate surface area is 145 Å². The molecule has 0 saturated carbocycles. The van der Waals surface area contributed by atoms with Gasteiger partial charge in [-0.15, -0.1) is 0 Å². The highest BCUT2D eigenvalue weighted by Gasteiger charge is 2.31. The number of hydrogen-bond donors (Lipinski definition) is 1. The normalized spacial score (nSPS) is 16.5. The minimum absolute atomic E-state index is 0.0957. The molecule has 0 spiro atoms. The standard InChI is InChI=1S/C18H20N6O/c1-22-13-20-16(21-22)12-19-18(25)24-11-10-23-9-5-8-15(23)17(24)14-6-3-2-4-7-14/h2-9,13,17H,10-12H2,1H3,(H,19,25). The summed E-state index contributed by atoms with van der Waals surface area (Å²) in [6.07, 6.45) is 3.69. The average Bonchev–Trinajstić information content (AvgIpc) is 3.28. The van der Waals surface area contributed by atoms with Crippen LogP contribution in [0.3, 0.4) is 0 Å². The van der Waals surface area contributed by atoms with Gasteiger partial charge in [0.2, 0.25) is 0 Å². The molecule has 1 atom stereocenters. The van der Waals surface area contributed by atoms with Gasteiger partial charge >= 0.3 is 6.03 Å². The van der Waals surface area contributed by atoms with Crippen molar-refractivity contribution in [3.05, 3.63) is 72.1 Å². The zero-order valence-electron chi connectivity index (χ0n) is 14.0. The zero-order valence-corrected chi connectivity index (χ0v) is 14.0. The number of nitrogens with one attached hydrogen (secondary N) is 1. The number of urea groups is 1. The van der Waals surface area contributed by atoms with Crippen molar-refractivity contribution < 1.29 is 4.79 Å². The minimum atomic E-state index is -0.103. The van der Waals surface area contributed by atoms with Crippen molar-refractivity contribution in [3.8, 4) is 0 Å². The second-order valence-electron chi connectivity index (χ2n) is 6.13. The maximum absolute atomic E-state index is 12.8. The summed E-state index contributed by atoms with van der Waals surface area (Å²) in [6, 6.07) is 14.0. The number of benzene rings is 1. The fourth-order valence-electron chi connectivity index (χ4n) is 3.31. The molecule has 7 heteroatoms. The van der Waals surface area contributed by atoms with E-state index in [1.165, 1.54) is 0 Å². The lowest BCUT2D eigenvalue weighted by Gasteiger charge is -2.37. The third-order valence-electron chi connectivity index (χ3n) is 4.46. The topological polar surface area (TPSA) is 68.0 Å². The van der Waals surface area contributed by atoms with Crippen molar-refractivity contribution >= 4 is 6.03 Å². The van der Waals surface area contributed by atoms with E-state index >= 15 is 0 Å². The molecule has 0 saturated heterocycles. The lowest BCUT2D eigenvalue weighted by atomic mass is 10.0. The van der Waals surface area contributed by atoms with Crippen LogP contribution in [0.4, 0.5) is 4.79 Å². The summed E-state index contributed by atoms with van der Waals surface area (Å²) in [5.41, 5.74) is 2.23.